The number of nitrogens with zero attached hydrogens (tertiary/aromatic N) is 2. The highest BCUT2D eigenvalue weighted by Gasteiger charge is 2.19. The molecule has 2 heterocycles. The number of benzene rings is 2. The lowest BCUT2D eigenvalue weighted by Gasteiger charge is -2.09. The predicted molar refractivity (Wildman–Crippen MR) is 129 cm³/mol. The van der Waals surface area contributed by atoms with Crippen molar-refractivity contribution in [3.05, 3.63) is 99.0 Å². The maximum absolute atomic E-state index is 14.2. The van der Waals surface area contributed by atoms with E-state index >= 15 is 0 Å². The second kappa shape index (κ2) is 9.73. The highest BCUT2D eigenvalue weighted by molar-refractivity contribution is 6.31. The van der Waals surface area contributed by atoms with E-state index in [-0.39, 0.29) is 18.9 Å². The Balaban J connectivity index is 1.44. The van der Waals surface area contributed by atoms with Crippen molar-refractivity contribution < 1.29 is 18.3 Å². The van der Waals surface area contributed by atoms with E-state index in [9.17, 15) is 9.18 Å². The molecule has 1 amide bonds. The van der Waals surface area contributed by atoms with Gasteiger partial charge in [-0.3, -0.25) is 9.48 Å². The molecule has 4 aromatic rings. The summed E-state index contributed by atoms with van der Waals surface area (Å²) in [5.74, 6) is 0.614. The van der Waals surface area contributed by atoms with Gasteiger partial charge in [-0.05, 0) is 75.2 Å². The summed E-state index contributed by atoms with van der Waals surface area (Å²) in [5.41, 5.74) is 4.38. The molecule has 6 nitrogen and oxygen atoms in total. The quantitative estimate of drug-likeness (QED) is 0.332. The molecule has 0 fully saturated rings. The molecule has 0 radical (unpaired) electrons. The molecular formula is C26H25ClFN3O3. The van der Waals surface area contributed by atoms with E-state index in [2.05, 4.69) is 16.5 Å². The Labute approximate surface area is 202 Å². The minimum Gasteiger partial charge on any atom is -0.486 e. The fourth-order valence-electron chi connectivity index (χ4n) is 3.79. The zero-order valence-electron chi connectivity index (χ0n) is 19.4. The summed E-state index contributed by atoms with van der Waals surface area (Å²) in [5, 5.41) is 7.61. The number of carbonyl (C=O) groups is 1. The van der Waals surface area contributed by atoms with Crippen LogP contribution in [-0.4, -0.2) is 15.7 Å². The number of halogens is 2. The number of aryl methyl sites for hydroxylation is 3. The van der Waals surface area contributed by atoms with Gasteiger partial charge in [0.25, 0.3) is 5.91 Å². The van der Waals surface area contributed by atoms with Crippen molar-refractivity contribution in [1.82, 2.24) is 9.78 Å². The number of carbonyl (C=O) groups excluding carboxylic acids is 1. The maximum atomic E-state index is 14.2. The number of furan rings is 1. The predicted octanol–water partition coefficient (Wildman–Crippen LogP) is 6.38. The largest absolute Gasteiger partial charge is 0.486 e. The van der Waals surface area contributed by atoms with Crippen LogP contribution in [0.5, 0.6) is 5.75 Å². The molecule has 0 atom stereocenters. The van der Waals surface area contributed by atoms with E-state index in [4.69, 9.17) is 20.8 Å². The first-order chi connectivity index (χ1) is 16.2. The summed E-state index contributed by atoms with van der Waals surface area (Å²) >= 11 is 6.15. The number of rotatable bonds is 7. The molecule has 0 aliphatic carbocycles. The Hall–Kier alpha value is -3.58. The lowest BCUT2D eigenvalue weighted by Crippen LogP contribution is -2.13. The summed E-state index contributed by atoms with van der Waals surface area (Å²) in [7, 11) is 0. The van der Waals surface area contributed by atoms with Crippen LogP contribution >= 0.6 is 11.6 Å². The molecule has 1 N–H and O–H groups in total. The smallest absolute Gasteiger partial charge is 0.291 e. The van der Waals surface area contributed by atoms with Gasteiger partial charge in [0.05, 0.1) is 23.6 Å². The van der Waals surface area contributed by atoms with E-state index in [1.165, 1.54) is 6.07 Å². The molecular weight excluding hydrogens is 457 g/mol. The number of aromatic nitrogens is 2. The molecule has 34 heavy (non-hydrogen) atoms. The lowest BCUT2D eigenvalue weighted by atomic mass is 10.1. The van der Waals surface area contributed by atoms with Gasteiger partial charge < -0.3 is 14.5 Å². The topological polar surface area (TPSA) is 69.3 Å². The number of hydrogen-bond acceptors (Lipinski definition) is 4. The van der Waals surface area contributed by atoms with E-state index in [1.807, 2.05) is 26.0 Å². The molecule has 0 aliphatic rings. The molecule has 176 valence electrons. The SMILES string of the molecule is Cc1cc(C)cc(OCc2ccc(C(=O)Nc3c(C)nn(Cc4c(F)cccc4Cl)c3C)o2)c1. The molecule has 0 aliphatic heterocycles. The van der Waals surface area contributed by atoms with Crippen molar-refractivity contribution in [1.29, 1.82) is 0 Å². The normalized spacial score (nSPS) is 11.0. The molecule has 0 bridgehead atoms. The minimum absolute atomic E-state index is 0.148. The van der Waals surface area contributed by atoms with Gasteiger partial charge in [-0.25, -0.2) is 4.39 Å². The molecule has 0 spiro atoms. The third-order valence-corrected chi connectivity index (χ3v) is 5.81. The average Bonchev–Trinajstić information content (AvgIpc) is 3.35. The fraction of sp³-hybridized carbons (Fsp3) is 0.231. The van der Waals surface area contributed by atoms with Crippen molar-refractivity contribution in [3.8, 4) is 5.75 Å². The van der Waals surface area contributed by atoms with Gasteiger partial charge in [0, 0.05) is 10.6 Å². The van der Waals surface area contributed by atoms with Crippen molar-refractivity contribution >= 4 is 23.2 Å². The van der Waals surface area contributed by atoms with Crippen LogP contribution in [0.1, 0.15) is 44.4 Å². The fourth-order valence-corrected chi connectivity index (χ4v) is 4.01. The summed E-state index contributed by atoms with van der Waals surface area (Å²) in [6, 6.07) is 13.8. The van der Waals surface area contributed by atoms with Crippen LogP contribution in [0.2, 0.25) is 5.02 Å². The first-order valence-corrected chi connectivity index (χ1v) is 11.2. The van der Waals surface area contributed by atoms with E-state index in [0.717, 1.165) is 16.9 Å². The highest BCUT2D eigenvalue weighted by atomic mass is 35.5. The Morgan fingerprint density at radius 1 is 1.12 bits per heavy atom. The summed E-state index contributed by atoms with van der Waals surface area (Å²) in [6.45, 7) is 7.94. The van der Waals surface area contributed by atoms with Gasteiger partial charge in [-0.2, -0.15) is 5.10 Å². The molecule has 2 aromatic carbocycles. The van der Waals surface area contributed by atoms with Gasteiger partial charge in [-0.15, -0.1) is 0 Å². The zero-order valence-corrected chi connectivity index (χ0v) is 20.2. The number of nitrogens with one attached hydrogen (secondary N) is 1. The van der Waals surface area contributed by atoms with Gasteiger partial charge in [-0.1, -0.05) is 23.7 Å². The van der Waals surface area contributed by atoms with E-state index < -0.39 is 11.7 Å². The minimum atomic E-state index is -0.410. The van der Waals surface area contributed by atoms with Crippen LogP contribution in [0.15, 0.2) is 52.9 Å². The summed E-state index contributed by atoms with van der Waals surface area (Å²) < 4.78 is 27.3. The highest BCUT2D eigenvalue weighted by Crippen LogP contribution is 2.25. The Bertz CT molecular complexity index is 1320. The number of amides is 1. The van der Waals surface area contributed by atoms with Crippen LogP contribution in [0.25, 0.3) is 0 Å². The van der Waals surface area contributed by atoms with Crippen molar-refractivity contribution in [2.24, 2.45) is 0 Å². The maximum Gasteiger partial charge on any atom is 0.291 e. The standard InChI is InChI=1S/C26H25ClFN3O3/c1-15-10-16(2)12-20(11-15)33-14-19-8-9-24(34-19)26(32)29-25-17(3)30-31(18(25)4)13-21-22(27)6-5-7-23(21)28/h5-12H,13-14H2,1-4H3,(H,29,32). The van der Waals surface area contributed by atoms with Crippen molar-refractivity contribution in [2.75, 3.05) is 5.32 Å². The summed E-state index contributed by atoms with van der Waals surface area (Å²) in [6.07, 6.45) is 0. The van der Waals surface area contributed by atoms with Gasteiger partial charge in [0.1, 0.15) is 23.9 Å². The second-order valence-corrected chi connectivity index (χ2v) is 8.64. The molecule has 0 saturated heterocycles. The second-order valence-electron chi connectivity index (χ2n) is 8.24. The van der Waals surface area contributed by atoms with E-state index in [0.29, 0.717) is 33.4 Å². The summed E-state index contributed by atoms with van der Waals surface area (Å²) in [4.78, 5) is 12.8. The van der Waals surface area contributed by atoms with Crippen LogP contribution in [0, 0.1) is 33.5 Å². The van der Waals surface area contributed by atoms with Crippen LogP contribution in [0.3, 0.4) is 0 Å². The van der Waals surface area contributed by atoms with Gasteiger partial charge in [0.2, 0.25) is 0 Å². The third-order valence-electron chi connectivity index (χ3n) is 5.45. The average molecular weight is 482 g/mol. The first-order valence-electron chi connectivity index (χ1n) is 10.8. The lowest BCUT2D eigenvalue weighted by molar-refractivity contribution is 0.0992. The van der Waals surface area contributed by atoms with Crippen LogP contribution < -0.4 is 10.1 Å². The van der Waals surface area contributed by atoms with Crippen molar-refractivity contribution in [3.63, 3.8) is 0 Å². The van der Waals surface area contributed by atoms with Crippen LogP contribution in [-0.2, 0) is 13.2 Å². The monoisotopic (exact) mass is 481 g/mol. The number of anilines is 1. The Kier molecular flexibility index (Phi) is 6.75. The first kappa shape index (κ1) is 23.6. The number of ether oxygens (including phenoxy) is 1. The molecule has 8 heteroatoms. The molecule has 4 rings (SSSR count). The van der Waals surface area contributed by atoms with Gasteiger partial charge in [0.15, 0.2) is 5.76 Å². The molecule has 0 unspecified atom stereocenters. The van der Waals surface area contributed by atoms with Gasteiger partial charge >= 0.3 is 0 Å². The Morgan fingerprint density at radius 2 is 1.85 bits per heavy atom. The number of hydrogen-bond donors (Lipinski definition) is 1. The van der Waals surface area contributed by atoms with E-state index in [1.54, 1.807) is 42.8 Å². The molecule has 2 aromatic heterocycles. The third kappa shape index (κ3) is 5.15. The van der Waals surface area contributed by atoms with Crippen LogP contribution in [0.4, 0.5) is 10.1 Å². The Morgan fingerprint density at radius 3 is 2.56 bits per heavy atom. The van der Waals surface area contributed by atoms with Crippen molar-refractivity contribution in [2.45, 2.75) is 40.8 Å². The molecule has 0 saturated carbocycles. The zero-order chi connectivity index (χ0) is 24.4.